The van der Waals surface area contributed by atoms with E-state index in [9.17, 15) is 4.39 Å². The molecule has 4 nitrogen and oxygen atoms in total. The van der Waals surface area contributed by atoms with Crippen LogP contribution in [0.4, 0.5) is 10.1 Å². The lowest BCUT2D eigenvalue weighted by Crippen LogP contribution is -2.50. The molecule has 24 heavy (non-hydrogen) atoms. The molecule has 1 saturated heterocycles. The molecule has 1 atom stereocenters. The summed E-state index contributed by atoms with van der Waals surface area (Å²) in [7, 11) is 0. The zero-order valence-electron chi connectivity index (χ0n) is 13.5. The molecule has 0 saturated carbocycles. The first-order valence-corrected chi connectivity index (χ1v) is 8.39. The van der Waals surface area contributed by atoms with E-state index in [0.29, 0.717) is 6.61 Å². The molecule has 0 spiro atoms. The van der Waals surface area contributed by atoms with Crippen molar-refractivity contribution in [3.8, 4) is 11.5 Å². The van der Waals surface area contributed by atoms with Crippen LogP contribution in [0.1, 0.15) is 0 Å². The van der Waals surface area contributed by atoms with Crippen LogP contribution in [0.15, 0.2) is 48.5 Å². The second-order valence-corrected chi connectivity index (χ2v) is 6.26. The maximum atomic E-state index is 13.0. The van der Waals surface area contributed by atoms with E-state index in [0.717, 1.165) is 49.9 Å². The number of rotatable bonds is 3. The molecule has 2 aliphatic heterocycles. The molecule has 0 aromatic heterocycles. The molecule has 2 aliphatic rings. The van der Waals surface area contributed by atoms with Crippen LogP contribution in [0.25, 0.3) is 0 Å². The van der Waals surface area contributed by atoms with Crippen molar-refractivity contribution >= 4 is 5.69 Å². The topological polar surface area (TPSA) is 24.9 Å². The van der Waals surface area contributed by atoms with E-state index in [-0.39, 0.29) is 11.9 Å². The number of nitrogens with zero attached hydrogens (tertiary/aromatic N) is 2. The van der Waals surface area contributed by atoms with Crippen molar-refractivity contribution in [2.24, 2.45) is 0 Å². The van der Waals surface area contributed by atoms with Gasteiger partial charge in [-0.05, 0) is 36.4 Å². The first-order valence-electron chi connectivity index (χ1n) is 8.39. The maximum Gasteiger partial charge on any atom is 0.161 e. The molecule has 126 valence electrons. The zero-order valence-corrected chi connectivity index (χ0v) is 13.5. The molecule has 5 heteroatoms. The van der Waals surface area contributed by atoms with Crippen LogP contribution < -0.4 is 14.4 Å². The summed E-state index contributed by atoms with van der Waals surface area (Å²) < 4.78 is 24.8. The van der Waals surface area contributed by atoms with Crippen molar-refractivity contribution in [3.05, 3.63) is 54.3 Å². The lowest BCUT2D eigenvalue weighted by atomic mass is 10.2. The van der Waals surface area contributed by atoms with E-state index in [1.54, 1.807) is 0 Å². The second-order valence-electron chi connectivity index (χ2n) is 6.26. The molecule has 2 aromatic rings. The number of para-hydroxylation sites is 2. The Morgan fingerprint density at radius 2 is 1.62 bits per heavy atom. The summed E-state index contributed by atoms with van der Waals surface area (Å²) in [5.41, 5.74) is 1.09. The normalized spacial score (nSPS) is 20.9. The lowest BCUT2D eigenvalue weighted by molar-refractivity contribution is 0.0571. The van der Waals surface area contributed by atoms with Gasteiger partial charge in [0.1, 0.15) is 18.5 Å². The number of fused-ring (bicyclic) bond motifs is 1. The third-order valence-electron chi connectivity index (χ3n) is 4.59. The van der Waals surface area contributed by atoms with E-state index >= 15 is 0 Å². The third kappa shape index (κ3) is 3.31. The van der Waals surface area contributed by atoms with Crippen molar-refractivity contribution in [2.45, 2.75) is 6.10 Å². The Kier molecular flexibility index (Phi) is 4.26. The number of hydrogen-bond donors (Lipinski definition) is 0. The van der Waals surface area contributed by atoms with Gasteiger partial charge in [0.05, 0.1) is 0 Å². The van der Waals surface area contributed by atoms with Crippen molar-refractivity contribution in [3.63, 3.8) is 0 Å². The van der Waals surface area contributed by atoms with Gasteiger partial charge >= 0.3 is 0 Å². The van der Waals surface area contributed by atoms with Crippen molar-refractivity contribution in [1.82, 2.24) is 4.90 Å². The van der Waals surface area contributed by atoms with Gasteiger partial charge in [0, 0.05) is 38.4 Å². The highest BCUT2D eigenvalue weighted by Gasteiger charge is 2.25. The Morgan fingerprint density at radius 3 is 2.38 bits per heavy atom. The van der Waals surface area contributed by atoms with Gasteiger partial charge in [-0.1, -0.05) is 12.1 Å². The summed E-state index contributed by atoms with van der Waals surface area (Å²) in [5, 5.41) is 0. The van der Waals surface area contributed by atoms with Crippen molar-refractivity contribution in [1.29, 1.82) is 0 Å². The first kappa shape index (κ1) is 15.3. The fourth-order valence-corrected chi connectivity index (χ4v) is 3.28. The van der Waals surface area contributed by atoms with Gasteiger partial charge in [-0.25, -0.2) is 4.39 Å². The Hall–Kier alpha value is -2.27. The van der Waals surface area contributed by atoms with Crippen molar-refractivity contribution in [2.75, 3.05) is 44.2 Å². The van der Waals surface area contributed by atoms with E-state index in [4.69, 9.17) is 9.47 Å². The molecule has 0 N–H and O–H groups in total. The van der Waals surface area contributed by atoms with Gasteiger partial charge in [0.25, 0.3) is 0 Å². The Morgan fingerprint density at radius 1 is 0.917 bits per heavy atom. The quantitative estimate of drug-likeness (QED) is 0.865. The molecule has 1 unspecified atom stereocenters. The fourth-order valence-electron chi connectivity index (χ4n) is 3.28. The summed E-state index contributed by atoms with van der Waals surface area (Å²) in [6.45, 7) is 5.28. The van der Waals surface area contributed by atoms with Gasteiger partial charge in [-0.3, -0.25) is 4.90 Å². The predicted molar refractivity (Wildman–Crippen MR) is 91.4 cm³/mol. The van der Waals surface area contributed by atoms with Crippen LogP contribution >= 0.6 is 0 Å². The van der Waals surface area contributed by atoms with E-state index in [1.807, 2.05) is 36.4 Å². The van der Waals surface area contributed by atoms with E-state index in [2.05, 4.69) is 9.80 Å². The summed E-state index contributed by atoms with van der Waals surface area (Å²) >= 11 is 0. The third-order valence-corrected chi connectivity index (χ3v) is 4.59. The molecule has 0 bridgehead atoms. The van der Waals surface area contributed by atoms with Crippen LogP contribution in [-0.2, 0) is 0 Å². The van der Waals surface area contributed by atoms with Crippen molar-refractivity contribution < 1.29 is 13.9 Å². The van der Waals surface area contributed by atoms with Gasteiger partial charge in [0.15, 0.2) is 11.5 Å². The number of piperazine rings is 1. The average molecular weight is 328 g/mol. The number of anilines is 1. The molecule has 2 heterocycles. The molecule has 1 fully saturated rings. The summed E-state index contributed by atoms with van der Waals surface area (Å²) in [6.07, 6.45) is 0.0669. The highest BCUT2D eigenvalue weighted by atomic mass is 19.1. The SMILES string of the molecule is Fc1ccc(N2CCN(CC3COc4ccccc4O3)CC2)cc1. The monoisotopic (exact) mass is 328 g/mol. The number of benzene rings is 2. The standard InChI is InChI=1S/C19H21FN2O2/c20-15-5-7-16(8-6-15)22-11-9-21(10-12-22)13-17-14-23-18-3-1-2-4-19(18)24-17/h1-8,17H,9-14H2. The van der Waals surface area contributed by atoms with E-state index < -0.39 is 0 Å². The minimum absolute atomic E-state index is 0.0669. The molecule has 4 rings (SSSR count). The second kappa shape index (κ2) is 6.69. The summed E-state index contributed by atoms with van der Waals surface area (Å²) in [5.74, 6) is 1.47. The van der Waals surface area contributed by atoms with Crippen LogP contribution in [-0.4, -0.2) is 50.3 Å². The van der Waals surface area contributed by atoms with Gasteiger partial charge in [0.2, 0.25) is 0 Å². The van der Waals surface area contributed by atoms with Gasteiger partial charge < -0.3 is 14.4 Å². The predicted octanol–water partition coefficient (Wildman–Crippen LogP) is 2.79. The molecular formula is C19H21FN2O2. The minimum atomic E-state index is -0.188. The molecular weight excluding hydrogens is 307 g/mol. The summed E-state index contributed by atoms with van der Waals surface area (Å²) in [4.78, 5) is 4.70. The fraction of sp³-hybridized carbons (Fsp3) is 0.368. The minimum Gasteiger partial charge on any atom is -0.486 e. The molecule has 2 aromatic carbocycles. The average Bonchev–Trinajstić information content (AvgIpc) is 2.63. The Balaban J connectivity index is 1.30. The highest BCUT2D eigenvalue weighted by Crippen LogP contribution is 2.31. The van der Waals surface area contributed by atoms with Gasteiger partial charge in [-0.15, -0.1) is 0 Å². The highest BCUT2D eigenvalue weighted by molar-refractivity contribution is 5.46. The van der Waals surface area contributed by atoms with Crippen LogP contribution in [0, 0.1) is 5.82 Å². The smallest absolute Gasteiger partial charge is 0.161 e. The largest absolute Gasteiger partial charge is 0.486 e. The van der Waals surface area contributed by atoms with Crippen LogP contribution in [0.3, 0.4) is 0 Å². The number of hydrogen-bond acceptors (Lipinski definition) is 4. The van der Waals surface area contributed by atoms with Gasteiger partial charge in [-0.2, -0.15) is 0 Å². The molecule has 0 aliphatic carbocycles. The van der Waals surface area contributed by atoms with Crippen LogP contribution in [0.5, 0.6) is 11.5 Å². The number of halogens is 1. The lowest BCUT2D eigenvalue weighted by Gasteiger charge is -2.38. The summed E-state index contributed by atoms with van der Waals surface area (Å²) in [6, 6.07) is 14.5. The Bertz CT molecular complexity index is 684. The Labute approximate surface area is 141 Å². The first-order chi connectivity index (χ1) is 11.8. The van der Waals surface area contributed by atoms with E-state index in [1.165, 1.54) is 12.1 Å². The molecule has 0 amide bonds. The maximum absolute atomic E-state index is 13.0. The molecule has 0 radical (unpaired) electrons. The number of ether oxygens (including phenoxy) is 2. The van der Waals surface area contributed by atoms with Crippen LogP contribution in [0.2, 0.25) is 0 Å². The zero-order chi connectivity index (χ0) is 16.4.